The Morgan fingerprint density at radius 2 is 2.07 bits per heavy atom. The molecule has 1 aromatic carbocycles. The van der Waals surface area contributed by atoms with Gasteiger partial charge in [-0.1, -0.05) is 23.2 Å². The molecule has 7 nitrogen and oxygen atoms in total. The van der Waals surface area contributed by atoms with Gasteiger partial charge in [0.05, 0.1) is 35.7 Å². The second kappa shape index (κ2) is 7.70. The average molecular weight is 390 g/mol. The summed E-state index contributed by atoms with van der Waals surface area (Å²) in [5, 5.41) is 18.0. The molecule has 0 saturated heterocycles. The second-order valence-corrected chi connectivity index (χ2v) is 7.09. The molecule has 0 atom stereocenters. The third-order valence-corrected chi connectivity index (χ3v) is 4.94. The van der Waals surface area contributed by atoms with E-state index in [0.29, 0.717) is 16.3 Å². The number of aryl methyl sites for hydroxylation is 1. The Balaban J connectivity index is 2.20. The number of aliphatic imine (C=N–C) groups is 1. The largest absolute Gasteiger partial charge is 0.467 e. The van der Waals surface area contributed by atoms with E-state index in [2.05, 4.69) is 14.5 Å². The summed E-state index contributed by atoms with van der Waals surface area (Å²) >= 11 is 6.39. The number of benzene rings is 1. The second-order valence-electron chi connectivity index (χ2n) is 6.69. The predicted molar refractivity (Wildman–Crippen MR) is 109 cm³/mol. The fourth-order valence-corrected chi connectivity index (χ4v) is 3.78. The van der Waals surface area contributed by atoms with Gasteiger partial charge in [0.1, 0.15) is 5.52 Å². The van der Waals surface area contributed by atoms with E-state index < -0.39 is 0 Å². The molecule has 0 unspecified atom stereocenters. The van der Waals surface area contributed by atoms with Crippen LogP contribution in [0.15, 0.2) is 28.4 Å². The lowest BCUT2D eigenvalue weighted by molar-refractivity contribution is 0.283. The molecular weight excluding hydrogens is 366 g/mol. The van der Waals surface area contributed by atoms with Crippen molar-refractivity contribution in [2.75, 3.05) is 18.6 Å². The summed E-state index contributed by atoms with van der Waals surface area (Å²) in [4.78, 5) is 11.2. The van der Waals surface area contributed by atoms with Crippen molar-refractivity contribution < 1.29 is 9.84 Å². The molecule has 144 valence electrons. The van der Waals surface area contributed by atoms with Crippen LogP contribution in [0.25, 0.3) is 11.0 Å². The van der Waals surface area contributed by atoms with Gasteiger partial charge in [-0.3, -0.25) is 0 Å². The molecule has 2 N–H and O–H groups in total. The zero-order valence-electron chi connectivity index (χ0n) is 16.0. The van der Waals surface area contributed by atoms with Crippen LogP contribution in [0, 0.1) is 5.41 Å². The highest BCUT2D eigenvalue weighted by molar-refractivity contribution is 6.35. The number of nitrogens with one attached hydrogen (secondary N) is 1. The number of halogens is 1. The van der Waals surface area contributed by atoms with Crippen molar-refractivity contribution in [2.24, 2.45) is 4.99 Å². The molecular formula is C19H24ClN5O2. The first kappa shape index (κ1) is 19.4. The van der Waals surface area contributed by atoms with E-state index in [4.69, 9.17) is 26.7 Å². The van der Waals surface area contributed by atoms with Crippen LogP contribution in [0.5, 0.6) is 0 Å². The highest BCUT2D eigenvalue weighted by atomic mass is 35.5. The van der Waals surface area contributed by atoms with E-state index in [1.54, 1.807) is 6.07 Å². The van der Waals surface area contributed by atoms with E-state index in [-0.39, 0.29) is 12.6 Å². The van der Waals surface area contributed by atoms with Crippen LogP contribution < -0.4 is 4.90 Å². The SMILES string of the molecule is COC(=N)/N=C(/C)C(=C(C)C)N1CCCn2c1nc1c(Cl)ccc(CO)c12. The lowest BCUT2D eigenvalue weighted by atomic mass is 10.1. The van der Waals surface area contributed by atoms with E-state index in [0.717, 1.165) is 47.8 Å². The van der Waals surface area contributed by atoms with Crippen LogP contribution in [0.1, 0.15) is 32.8 Å². The molecule has 1 aromatic heterocycles. The van der Waals surface area contributed by atoms with E-state index in [1.807, 2.05) is 26.8 Å². The number of aliphatic hydroxyl groups is 1. The van der Waals surface area contributed by atoms with Crippen LogP contribution >= 0.6 is 11.6 Å². The summed E-state index contributed by atoms with van der Waals surface area (Å²) in [7, 11) is 1.43. The topological polar surface area (TPSA) is 86.7 Å². The number of hydrogen-bond donors (Lipinski definition) is 2. The molecule has 8 heteroatoms. The van der Waals surface area contributed by atoms with Crippen molar-refractivity contribution >= 4 is 40.3 Å². The van der Waals surface area contributed by atoms with Gasteiger partial charge in [0, 0.05) is 18.7 Å². The highest BCUT2D eigenvalue weighted by Crippen LogP contribution is 2.35. The lowest BCUT2D eigenvalue weighted by Gasteiger charge is -2.32. The number of allylic oxidation sites excluding steroid dienone is 2. The number of fused-ring (bicyclic) bond motifs is 3. The minimum absolute atomic E-state index is 0.0697. The molecule has 27 heavy (non-hydrogen) atoms. The molecule has 0 fully saturated rings. The number of rotatable bonds is 3. The zero-order valence-corrected chi connectivity index (χ0v) is 16.8. The first-order valence-electron chi connectivity index (χ1n) is 8.80. The Hall–Kier alpha value is -2.38. The number of amidine groups is 1. The molecule has 0 spiro atoms. The third kappa shape index (κ3) is 3.44. The number of aliphatic hydroxyl groups excluding tert-OH is 1. The minimum atomic E-state index is -0.137. The Labute approximate surface area is 163 Å². The summed E-state index contributed by atoms with van der Waals surface area (Å²) in [6.07, 6.45) is 0.918. The number of methoxy groups -OCH3 is 1. The van der Waals surface area contributed by atoms with Crippen LogP contribution in [0.4, 0.5) is 5.95 Å². The van der Waals surface area contributed by atoms with E-state index in [1.165, 1.54) is 7.11 Å². The standard InChI is InChI=1S/C19H24ClN5O2/c1-11(2)16(12(3)22-18(21)27-4)24-8-5-9-25-17-13(10-26)6-7-14(20)15(17)23-19(24)25/h6-7,21,26H,5,8-10H2,1-4H3/b21-18?,22-12-. The summed E-state index contributed by atoms with van der Waals surface area (Å²) in [5.74, 6) is 0.772. The Morgan fingerprint density at radius 3 is 2.70 bits per heavy atom. The van der Waals surface area contributed by atoms with Crippen molar-refractivity contribution in [2.45, 2.75) is 40.3 Å². The first-order valence-corrected chi connectivity index (χ1v) is 9.18. The first-order chi connectivity index (χ1) is 12.9. The normalized spacial score (nSPS) is 14.3. The van der Waals surface area contributed by atoms with Gasteiger partial charge in [-0.25, -0.2) is 10.4 Å². The summed E-state index contributed by atoms with van der Waals surface area (Å²) in [5.41, 5.74) is 5.04. The summed E-state index contributed by atoms with van der Waals surface area (Å²) in [6.45, 7) is 7.40. The monoisotopic (exact) mass is 389 g/mol. The van der Waals surface area contributed by atoms with Crippen molar-refractivity contribution in [3.63, 3.8) is 0 Å². The molecule has 1 aliphatic heterocycles. The molecule has 0 bridgehead atoms. The molecule has 1 aliphatic rings. The summed E-state index contributed by atoms with van der Waals surface area (Å²) < 4.78 is 7.00. The molecule has 0 amide bonds. The molecule has 0 saturated carbocycles. The number of ether oxygens (including phenoxy) is 1. The fourth-order valence-electron chi connectivity index (χ4n) is 3.59. The fraction of sp³-hybridized carbons (Fsp3) is 0.421. The predicted octanol–water partition coefficient (Wildman–Crippen LogP) is 3.73. The van der Waals surface area contributed by atoms with Crippen LogP contribution in [-0.2, 0) is 17.9 Å². The zero-order chi connectivity index (χ0) is 19.7. The van der Waals surface area contributed by atoms with Gasteiger partial charge in [-0.05, 0) is 33.3 Å². The molecule has 3 rings (SSSR count). The van der Waals surface area contributed by atoms with Gasteiger partial charge in [-0.15, -0.1) is 0 Å². The van der Waals surface area contributed by atoms with E-state index in [9.17, 15) is 5.11 Å². The van der Waals surface area contributed by atoms with Gasteiger partial charge >= 0.3 is 6.02 Å². The summed E-state index contributed by atoms with van der Waals surface area (Å²) in [6, 6.07) is 3.47. The van der Waals surface area contributed by atoms with Gasteiger partial charge in [0.25, 0.3) is 0 Å². The van der Waals surface area contributed by atoms with Crippen LogP contribution in [0.3, 0.4) is 0 Å². The maximum Gasteiger partial charge on any atom is 0.308 e. The maximum atomic E-state index is 9.76. The van der Waals surface area contributed by atoms with Crippen molar-refractivity contribution in [1.82, 2.24) is 9.55 Å². The molecule has 2 aromatic rings. The van der Waals surface area contributed by atoms with Crippen molar-refractivity contribution in [1.29, 1.82) is 5.41 Å². The molecule has 0 aliphatic carbocycles. The number of anilines is 1. The van der Waals surface area contributed by atoms with Gasteiger partial charge in [0.2, 0.25) is 5.95 Å². The van der Waals surface area contributed by atoms with Gasteiger partial charge in [0.15, 0.2) is 0 Å². The van der Waals surface area contributed by atoms with Gasteiger partial charge in [-0.2, -0.15) is 4.99 Å². The van der Waals surface area contributed by atoms with E-state index >= 15 is 0 Å². The number of imidazole rings is 1. The number of hydrogen-bond acceptors (Lipinski definition) is 5. The lowest BCUT2D eigenvalue weighted by Crippen LogP contribution is -2.35. The minimum Gasteiger partial charge on any atom is -0.467 e. The van der Waals surface area contributed by atoms with Crippen molar-refractivity contribution in [3.8, 4) is 0 Å². The molecule has 2 heterocycles. The van der Waals surface area contributed by atoms with Gasteiger partial charge < -0.3 is 19.3 Å². The molecule has 0 radical (unpaired) electrons. The van der Waals surface area contributed by atoms with Crippen LogP contribution in [-0.4, -0.2) is 40.0 Å². The Bertz CT molecular complexity index is 957. The van der Waals surface area contributed by atoms with Crippen LogP contribution in [0.2, 0.25) is 5.02 Å². The quantitative estimate of drug-likeness (QED) is 0.618. The Morgan fingerprint density at radius 1 is 1.33 bits per heavy atom. The smallest absolute Gasteiger partial charge is 0.308 e. The number of nitrogens with zero attached hydrogens (tertiary/aromatic N) is 4. The average Bonchev–Trinajstić information content (AvgIpc) is 3.03. The Kier molecular flexibility index (Phi) is 5.53. The highest BCUT2D eigenvalue weighted by Gasteiger charge is 2.27. The number of aromatic nitrogens is 2. The third-order valence-electron chi connectivity index (χ3n) is 4.63. The van der Waals surface area contributed by atoms with Crippen molar-refractivity contribution in [3.05, 3.63) is 34.0 Å². The maximum absolute atomic E-state index is 9.76.